The van der Waals surface area contributed by atoms with Crippen LogP contribution in [0.4, 0.5) is 0 Å². The molecule has 0 heterocycles. The van der Waals surface area contributed by atoms with Gasteiger partial charge in [0, 0.05) is 0 Å². The average molecular weight is 246 g/mol. The van der Waals surface area contributed by atoms with Crippen molar-refractivity contribution in [2.24, 2.45) is 5.92 Å². The third-order valence-corrected chi connectivity index (χ3v) is 4.87. The molecule has 0 aromatic heterocycles. The molecule has 100 valence electrons. The lowest BCUT2D eigenvalue weighted by atomic mass is 9.69. The normalized spacial score (nSPS) is 28.6. The summed E-state index contributed by atoms with van der Waals surface area (Å²) in [6.45, 7) is 4.41. The van der Waals surface area contributed by atoms with Crippen molar-refractivity contribution in [2.75, 3.05) is 0 Å². The smallest absolute Gasteiger partial charge is 0.0676 e. The highest BCUT2D eigenvalue weighted by molar-refractivity contribution is 5.20. The summed E-state index contributed by atoms with van der Waals surface area (Å²) >= 11 is 0. The Morgan fingerprint density at radius 2 is 1.67 bits per heavy atom. The van der Waals surface area contributed by atoms with Crippen molar-refractivity contribution in [1.82, 2.24) is 0 Å². The Bertz CT molecular complexity index is 345. The maximum Gasteiger partial charge on any atom is 0.0676 e. The van der Waals surface area contributed by atoms with Gasteiger partial charge >= 0.3 is 0 Å². The van der Waals surface area contributed by atoms with Crippen LogP contribution in [-0.4, -0.2) is 10.7 Å². The lowest BCUT2D eigenvalue weighted by Gasteiger charge is -2.41. The highest BCUT2D eigenvalue weighted by Crippen LogP contribution is 2.43. The van der Waals surface area contributed by atoms with E-state index in [1.54, 1.807) is 0 Å². The molecular weight excluding hydrogens is 220 g/mol. The quantitative estimate of drug-likeness (QED) is 0.828. The van der Waals surface area contributed by atoms with Crippen LogP contribution in [0.25, 0.3) is 0 Å². The first-order valence-electron chi connectivity index (χ1n) is 7.47. The van der Waals surface area contributed by atoms with E-state index >= 15 is 0 Å². The maximum absolute atomic E-state index is 10.8. The topological polar surface area (TPSA) is 20.2 Å². The molecule has 0 atom stereocenters. The fraction of sp³-hybridized carbons (Fsp3) is 0.647. The van der Waals surface area contributed by atoms with Crippen molar-refractivity contribution < 1.29 is 5.11 Å². The number of aliphatic hydroxyl groups is 1. The molecule has 0 saturated heterocycles. The molecule has 0 spiro atoms. The summed E-state index contributed by atoms with van der Waals surface area (Å²) < 4.78 is 0. The Hall–Kier alpha value is -0.820. The van der Waals surface area contributed by atoms with Crippen LogP contribution < -0.4 is 0 Å². The molecule has 0 aliphatic heterocycles. The Morgan fingerprint density at radius 3 is 2.17 bits per heavy atom. The van der Waals surface area contributed by atoms with Crippen molar-refractivity contribution in [3.05, 3.63) is 35.9 Å². The summed E-state index contributed by atoms with van der Waals surface area (Å²) in [7, 11) is 0. The van der Waals surface area contributed by atoms with Crippen molar-refractivity contribution in [3.63, 3.8) is 0 Å². The van der Waals surface area contributed by atoms with Crippen LogP contribution in [0.5, 0.6) is 0 Å². The van der Waals surface area contributed by atoms with Gasteiger partial charge in [0.05, 0.1) is 5.60 Å². The van der Waals surface area contributed by atoms with E-state index in [2.05, 4.69) is 44.2 Å². The van der Waals surface area contributed by atoms with Gasteiger partial charge < -0.3 is 5.11 Å². The molecule has 1 nitrogen and oxygen atoms in total. The highest BCUT2D eigenvalue weighted by Gasteiger charge is 2.38. The predicted molar refractivity (Wildman–Crippen MR) is 76.7 cm³/mol. The molecule has 2 rings (SSSR count). The molecule has 0 unspecified atom stereocenters. The summed E-state index contributed by atoms with van der Waals surface area (Å²) in [5.74, 6) is 1.13. The fourth-order valence-corrected chi connectivity index (χ4v) is 3.63. The molecule has 1 aliphatic carbocycles. The molecule has 1 heteroatoms. The van der Waals surface area contributed by atoms with Crippen LogP contribution in [0.1, 0.15) is 63.9 Å². The van der Waals surface area contributed by atoms with E-state index in [9.17, 15) is 5.11 Å². The first-order chi connectivity index (χ1) is 8.69. The van der Waals surface area contributed by atoms with E-state index in [0.29, 0.717) is 11.8 Å². The Morgan fingerprint density at radius 1 is 1.11 bits per heavy atom. The average Bonchev–Trinajstić information content (AvgIpc) is 2.42. The molecule has 1 fully saturated rings. The lowest BCUT2D eigenvalue weighted by molar-refractivity contribution is -0.0556. The van der Waals surface area contributed by atoms with E-state index in [-0.39, 0.29) is 0 Å². The first kappa shape index (κ1) is 13.6. The Labute approximate surface area is 111 Å². The van der Waals surface area contributed by atoms with E-state index in [1.807, 2.05) is 0 Å². The van der Waals surface area contributed by atoms with Gasteiger partial charge in [0.15, 0.2) is 0 Å². The summed E-state index contributed by atoms with van der Waals surface area (Å²) in [5.41, 5.74) is 1.05. The molecule has 0 radical (unpaired) electrons. The Balaban J connectivity index is 1.99. The fourth-order valence-electron chi connectivity index (χ4n) is 3.63. The summed E-state index contributed by atoms with van der Waals surface area (Å²) in [4.78, 5) is 0. The minimum absolute atomic E-state index is 0.394. The van der Waals surface area contributed by atoms with Gasteiger partial charge in [-0.2, -0.15) is 0 Å². The van der Waals surface area contributed by atoms with Crippen LogP contribution >= 0.6 is 0 Å². The largest absolute Gasteiger partial charge is 0.390 e. The van der Waals surface area contributed by atoms with E-state index in [0.717, 1.165) is 38.5 Å². The minimum Gasteiger partial charge on any atom is -0.390 e. The molecule has 1 aromatic carbocycles. The maximum atomic E-state index is 10.8. The number of hydrogen-bond acceptors (Lipinski definition) is 1. The predicted octanol–water partition coefficient (Wildman–Crippen LogP) is 4.51. The van der Waals surface area contributed by atoms with E-state index < -0.39 is 5.60 Å². The van der Waals surface area contributed by atoms with Crippen LogP contribution in [0.3, 0.4) is 0 Å². The number of benzene rings is 1. The third kappa shape index (κ3) is 2.77. The van der Waals surface area contributed by atoms with Crippen molar-refractivity contribution in [2.45, 2.75) is 63.9 Å². The van der Waals surface area contributed by atoms with E-state index in [4.69, 9.17) is 0 Å². The zero-order chi connectivity index (χ0) is 13.0. The molecule has 0 amide bonds. The molecule has 0 bridgehead atoms. The van der Waals surface area contributed by atoms with Crippen LogP contribution in [0.2, 0.25) is 0 Å². The molecule has 1 aliphatic rings. The number of hydrogen-bond donors (Lipinski definition) is 1. The summed E-state index contributed by atoms with van der Waals surface area (Å²) in [6, 6.07) is 10.8. The van der Waals surface area contributed by atoms with Gasteiger partial charge in [0.2, 0.25) is 0 Å². The van der Waals surface area contributed by atoms with E-state index in [1.165, 1.54) is 5.56 Å². The Kier molecular flexibility index (Phi) is 4.45. The van der Waals surface area contributed by atoms with Gasteiger partial charge in [-0.15, -0.1) is 0 Å². The van der Waals surface area contributed by atoms with Gasteiger partial charge in [-0.25, -0.2) is 0 Å². The highest BCUT2D eigenvalue weighted by atomic mass is 16.3. The molecule has 1 N–H and O–H groups in total. The van der Waals surface area contributed by atoms with Crippen molar-refractivity contribution >= 4 is 0 Å². The summed E-state index contributed by atoms with van der Waals surface area (Å²) in [6.07, 6.45) is 6.41. The minimum atomic E-state index is -0.394. The van der Waals surface area contributed by atoms with Gasteiger partial charge in [0.25, 0.3) is 0 Å². The van der Waals surface area contributed by atoms with Crippen LogP contribution in [-0.2, 0) is 0 Å². The second kappa shape index (κ2) is 5.88. The third-order valence-electron chi connectivity index (χ3n) is 4.87. The zero-order valence-electron chi connectivity index (χ0n) is 11.7. The summed E-state index contributed by atoms with van der Waals surface area (Å²) in [5, 5.41) is 10.8. The lowest BCUT2D eigenvalue weighted by Crippen LogP contribution is -2.40. The molecule has 1 aromatic rings. The zero-order valence-corrected chi connectivity index (χ0v) is 11.7. The van der Waals surface area contributed by atoms with Crippen molar-refractivity contribution in [1.29, 1.82) is 0 Å². The van der Waals surface area contributed by atoms with Gasteiger partial charge in [0.1, 0.15) is 0 Å². The molecular formula is C17H26O. The monoisotopic (exact) mass is 246 g/mol. The van der Waals surface area contributed by atoms with Gasteiger partial charge in [-0.05, 0) is 43.1 Å². The second-order valence-electron chi connectivity index (χ2n) is 5.80. The van der Waals surface area contributed by atoms with Crippen LogP contribution in [0.15, 0.2) is 30.3 Å². The van der Waals surface area contributed by atoms with Crippen molar-refractivity contribution in [3.8, 4) is 0 Å². The second-order valence-corrected chi connectivity index (χ2v) is 5.80. The standard InChI is InChI=1S/C17H26O/c1-3-16(4-2)17(18)12-10-15(11-13-17)14-8-6-5-7-9-14/h5-9,15-16,18H,3-4,10-13H2,1-2H3. The van der Waals surface area contributed by atoms with Gasteiger partial charge in [-0.1, -0.05) is 57.0 Å². The number of rotatable bonds is 4. The molecule has 18 heavy (non-hydrogen) atoms. The first-order valence-corrected chi connectivity index (χ1v) is 7.47. The van der Waals surface area contributed by atoms with Gasteiger partial charge in [-0.3, -0.25) is 0 Å². The van der Waals surface area contributed by atoms with Crippen LogP contribution in [0, 0.1) is 5.92 Å². The SMILES string of the molecule is CCC(CC)C1(O)CCC(c2ccccc2)CC1. The molecule has 1 saturated carbocycles.